The number of nitrogens with one attached hydrogen (secondary N) is 1. The van der Waals surface area contributed by atoms with Crippen molar-refractivity contribution >= 4 is 33.5 Å². The summed E-state index contributed by atoms with van der Waals surface area (Å²) in [7, 11) is 0. The molecule has 0 fully saturated rings. The Balaban J connectivity index is 1.73. The number of benzene rings is 2. The molecule has 3 aromatic rings. The smallest absolute Gasteiger partial charge is 0.187 e. The first-order chi connectivity index (χ1) is 11.7. The normalized spacial score (nSPS) is 19.4. The molecule has 0 bridgehead atoms. The quantitative estimate of drug-likeness (QED) is 0.667. The summed E-state index contributed by atoms with van der Waals surface area (Å²) < 4.78 is 2.90. The van der Waals surface area contributed by atoms with Gasteiger partial charge in [0.05, 0.1) is 6.04 Å². The second-order valence-electron chi connectivity index (χ2n) is 5.51. The van der Waals surface area contributed by atoms with Crippen LogP contribution in [-0.4, -0.2) is 20.7 Å². The Morgan fingerprint density at radius 1 is 1.12 bits per heavy atom. The third-order valence-electron chi connectivity index (χ3n) is 3.97. The van der Waals surface area contributed by atoms with Crippen LogP contribution in [0.2, 0.25) is 0 Å². The fraction of sp³-hybridized carbons (Fsp3) is 0.111. The van der Waals surface area contributed by atoms with Crippen molar-refractivity contribution in [1.82, 2.24) is 9.66 Å². The van der Waals surface area contributed by atoms with Gasteiger partial charge in [0, 0.05) is 22.4 Å². The number of fused-ring (bicyclic) bond motifs is 1. The Kier molecular flexibility index (Phi) is 4.16. The van der Waals surface area contributed by atoms with Crippen molar-refractivity contribution in [2.75, 3.05) is 5.43 Å². The average Bonchev–Trinajstić information content (AvgIpc) is 3.09. The molecule has 0 radical (unpaired) electrons. The largest absolute Gasteiger partial charge is 0.315 e. The Bertz CT molecular complexity index is 863. The van der Waals surface area contributed by atoms with Gasteiger partial charge in [0.15, 0.2) is 10.9 Å². The van der Waals surface area contributed by atoms with E-state index in [9.17, 15) is 4.79 Å². The Morgan fingerprint density at radius 2 is 1.88 bits per heavy atom. The van der Waals surface area contributed by atoms with E-state index in [1.165, 1.54) is 11.8 Å². The average molecular weight is 400 g/mol. The summed E-state index contributed by atoms with van der Waals surface area (Å²) in [6.07, 6.45) is 3.61. The molecule has 120 valence electrons. The van der Waals surface area contributed by atoms with Crippen molar-refractivity contribution in [2.24, 2.45) is 0 Å². The van der Waals surface area contributed by atoms with E-state index in [4.69, 9.17) is 0 Å². The highest BCUT2D eigenvalue weighted by Crippen LogP contribution is 2.38. The van der Waals surface area contributed by atoms with Crippen LogP contribution in [0.1, 0.15) is 22.0 Å². The first-order valence-electron chi connectivity index (χ1n) is 7.53. The molecular formula is C18H14BrN3OS. The molecule has 1 aliphatic heterocycles. The van der Waals surface area contributed by atoms with Crippen molar-refractivity contribution < 1.29 is 4.79 Å². The number of imidazole rings is 1. The van der Waals surface area contributed by atoms with E-state index in [1.807, 2.05) is 65.5 Å². The Labute approximate surface area is 152 Å². The highest BCUT2D eigenvalue weighted by molar-refractivity contribution is 9.10. The fourth-order valence-electron chi connectivity index (χ4n) is 2.77. The van der Waals surface area contributed by atoms with Crippen LogP contribution in [-0.2, 0) is 0 Å². The standard InChI is InChI=1S/C18H14BrN3OS/c19-14-8-6-12(7-9-14)15-17(16(23)13-4-2-1-3-5-13)24-18-20-10-11-22(18)21-15/h1-11,15,17,21H. The third-order valence-corrected chi connectivity index (χ3v) is 5.75. The van der Waals surface area contributed by atoms with Gasteiger partial charge in [0.25, 0.3) is 0 Å². The molecule has 4 rings (SSSR count). The molecule has 0 amide bonds. The minimum Gasteiger partial charge on any atom is -0.315 e. The van der Waals surface area contributed by atoms with Crippen molar-refractivity contribution in [3.05, 3.63) is 82.6 Å². The van der Waals surface area contributed by atoms with Crippen LogP contribution >= 0.6 is 27.7 Å². The van der Waals surface area contributed by atoms with Gasteiger partial charge >= 0.3 is 0 Å². The van der Waals surface area contributed by atoms with E-state index in [0.29, 0.717) is 0 Å². The zero-order valence-corrected chi connectivity index (χ0v) is 15.0. The summed E-state index contributed by atoms with van der Waals surface area (Å²) in [6.45, 7) is 0. The van der Waals surface area contributed by atoms with Crippen LogP contribution < -0.4 is 5.43 Å². The number of Topliss-reactive ketones (excluding diaryl/α,β-unsaturated/α-hetero) is 1. The number of nitrogens with zero attached hydrogens (tertiary/aromatic N) is 2. The summed E-state index contributed by atoms with van der Waals surface area (Å²) in [5.74, 6) is 0.107. The van der Waals surface area contributed by atoms with E-state index in [-0.39, 0.29) is 17.1 Å². The second-order valence-corrected chi connectivity index (χ2v) is 7.53. The van der Waals surface area contributed by atoms with Crippen LogP contribution in [0.4, 0.5) is 0 Å². The lowest BCUT2D eigenvalue weighted by atomic mass is 9.97. The number of halogens is 1. The molecule has 0 saturated carbocycles. The zero-order chi connectivity index (χ0) is 16.5. The number of carbonyl (C=O) groups is 1. The topological polar surface area (TPSA) is 46.9 Å². The number of hydrogen-bond acceptors (Lipinski definition) is 4. The van der Waals surface area contributed by atoms with Gasteiger partial charge in [-0.15, -0.1) is 0 Å². The lowest BCUT2D eigenvalue weighted by molar-refractivity contribution is 0.0980. The van der Waals surface area contributed by atoms with Gasteiger partial charge in [-0.3, -0.25) is 4.79 Å². The van der Waals surface area contributed by atoms with Gasteiger partial charge in [-0.25, -0.2) is 9.66 Å². The molecule has 0 saturated heterocycles. The maximum absolute atomic E-state index is 13.1. The van der Waals surface area contributed by atoms with E-state index in [2.05, 4.69) is 26.3 Å². The predicted molar refractivity (Wildman–Crippen MR) is 98.9 cm³/mol. The number of aromatic nitrogens is 2. The SMILES string of the molecule is O=C(c1ccccc1)C1Sc2nccn2NC1c1ccc(Br)cc1. The fourth-order valence-corrected chi connectivity index (χ4v) is 4.20. The molecule has 0 aliphatic carbocycles. The van der Waals surface area contributed by atoms with Gasteiger partial charge in [0.1, 0.15) is 5.25 Å². The molecule has 4 nitrogen and oxygen atoms in total. The summed E-state index contributed by atoms with van der Waals surface area (Å²) in [5.41, 5.74) is 5.20. The molecule has 1 aromatic heterocycles. The second kappa shape index (κ2) is 6.45. The van der Waals surface area contributed by atoms with Gasteiger partial charge in [-0.1, -0.05) is 70.2 Å². The van der Waals surface area contributed by atoms with Gasteiger partial charge in [-0.05, 0) is 17.7 Å². The van der Waals surface area contributed by atoms with Gasteiger partial charge in [-0.2, -0.15) is 0 Å². The maximum atomic E-state index is 13.1. The highest BCUT2D eigenvalue weighted by Gasteiger charge is 2.36. The highest BCUT2D eigenvalue weighted by atomic mass is 79.9. The van der Waals surface area contributed by atoms with E-state index in [1.54, 1.807) is 6.20 Å². The molecule has 0 spiro atoms. The summed E-state index contributed by atoms with van der Waals surface area (Å²) in [5, 5.41) is 0.529. The van der Waals surface area contributed by atoms with E-state index < -0.39 is 0 Å². The van der Waals surface area contributed by atoms with Crippen LogP contribution in [0.25, 0.3) is 0 Å². The van der Waals surface area contributed by atoms with Crippen LogP contribution in [0, 0.1) is 0 Å². The number of rotatable bonds is 3. The van der Waals surface area contributed by atoms with Crippen molar-refractivity contribution in [2.45, 2.75) is 16.4 Å². The molecule has 2 unspecified atom stereocenters. The summed E-state index contributed by atoms with van der Waals surface area (Å²) in [6, 6.07) is 17.4. The monoisotopic (exact) mass is 399 g/mol. The molecule has 2 atom stereocenters. The Hall–Kier alpha value is -2.05. The first-order valence-corrected chi connectivity index (χ1v) is 9.21. The molecule has 2 aromatic carbocycles. The minimum atomic E-state index is -0.275. The number of thioether (sulfide) groups is 1. The number of hydrogen-bond donors (Lipinski definition) is 1. The molecule has 1 aliphatic rings. The molecule has 6 heteroatoms. The van der Waals surface area contributed by atoms with Gasteiger partial charge in [0.2, 0.25) is 0 Å². The third kappa shape index (κ3) is 2.87. The van der Waals surface area contributed by atoms with E-state index in [0.717, 1.165) is 20.8 Å². The Morgan fingerprint density at radius 3 is 2.62 bits per heavy atom. The number of ketones is 1. The minimum absolute atomic E-state index is 0.107. The summed E-state index contributed by atoms with van der Waals surface area (Å²) in [4.78, 5) is 17.4. The summed E-state index contributed by atoms with van der Waals surface area (Å²) >= 11 is 4.96. The van der Waals surface area contributed by atoms with Crippen LogP contribution in [0.15, 0.2) is 76.6 Å². The predicted octanol–water partition coefficient (Wildman–Crippen LogP) is 4.29. The number of carbonyl (C=O) groups excluding carboxylic acids is 1. The zero-order valence-electron chi connectivity index (χ0n) is 12.6. The van der Waals surface area contributed by atoms with Crippen LogP contribution in [0.3, 0.4) is 0 Å². The molecule has 2 heterocycles. The van der Waals surface area contributed by atoms with Crippen LogP contribution in [0.5, 0.6) is 0 Å². The molecule has 24 heavy (non-hydrogen) atoms. The molecule has 1 N–H and O–H groups in total. The van der Waals surface area contributed by atoms with E-state index >= 15 is 0 Å². The van der Waals surface area contributed by atoms with Crippen molar-refractivity contribution in [3.8, 4) is 0 Å². The van der Waals surface area contributed by atoms with Crippen molar-refractivity contribution in [1.29, 1.82) is 0 Å². The lowest BCUT2D eigenvalue weighted by Gasteiger charge is -2.32. The molecular weight excluding hydrogens is 386 g/mol. The lowest BCUT2D eigenvalue weighted by Crippen LogP contribution is -2.38. The maximum Gasteiger partial charge on any atom is 0.187 e. The van der Waals surface area contributed by atoms with Gasteiger partial charge < -0.3 is 5.43 Å². The van der Waals surface area contributed by atoms with Crippen molar-refractivity contribution in [3.63, 3.8) is 0 Å². The first kappa shape index (κ1) is 15.5.